The SMILES string of the molecule is CCN(CC)CCOCCc1ccc2c(c1)CCC2.Cl. The fourth-order valence-corrected chi connectivity index (χ4v) is 2.81. The molecule has 1 aromatic rings. The van der Waals surface area contributed by atoms with E-state index in [-0.39, 0.29) is 12.4 Å². The number of halogens is 1. The van der Waals surface area contributed by atoms with Gasteiger partial charge in [0.05, 0.1) is 13.2 Å². The van der Waals surface area contributed by atoms with Crippen LogP contribution in [0.2, 0.25) is 0 Å². The molecule has 0 amide bonds. The number of rotatable bonds is 8. The lowest BCUT2D eigenvalue weighted by atomic mass is 10.0. The molecule has 0 unspecified atom stereocenters. The summed E-state index contributed by atoms with van der Waals surface area (Å²) in [5, 5.41) is 0. The lowest BCUT2D eigenvalue weighted by Crippen LogP contribution is -2.27. The zero-order chi connectivity index (χ0) is 13.5. The van der Waals surface area contributed by atoms with Gasteiger partial charge in [0.1, 0.15) is 0 Å². The summed E-state index contributed by atoms with van der Waals surface area (Å²) in [6.45, 7) is 9.39. The average molecular weight is 298 g/mol. The third-order valence-corrected chi connectivity index (χ3v) is 4.14. The third kappa shape index (κ3) is 5.08. The highest BCUT2D eigenvalue weighted by Gasteiger charge is 2.10. The Morgan fingerprint density at radius 3 is 2.55 bits per heavy atom. The highest BCUT2D eigenvalue weighted by Crippen LogP contribution is 2.22. The van der Waals surface area contributed by atoms with Gasteiger partial charge in [0.25, 0.3) is 0 Å². The van der Waals surface area contributed by atoms with E-state index in [4.69, 9.17) is 4.74 Å². The molecule has 0 saturated heterocycles. The number of benzene rings is 1. The van der Waals surface area contributed by atoms with Crippen LogP contribution in [-0.4, -0.2) is 37.7 Å². The van der Waals surface area contributed by atoms with Crippen LogP contribution in [0.3, 0.4) is 0 Å². The van der Waals surface area contributed by atoms with Crippen LogP contribution in [0.25, 0.3) is 0 Å². The molecule has 1 aromatic carbocycles. The second kappa shape index (κ2) is 9.38. The molecule has 0 N–H and O–H groups in total. The van der Waals surface area contributed by atoms with Gasteiger partial charge in [-0.3, -0.25) is 0 Å². The Morgan fingerprint density at radius 1 is 1.05 bits per heavy atom. The number of ether oxygens (including phenoxy) is 1. The average Bonchev–Trinajstić information content (AvgIpc) is 2.90. The Morgan fingerprint density at radius 2 is 1.80 bits per heavy atom. The van der Waals surface area contributed by atoms with Crippen molar-refractivity contribution in [2.45, 2.75) is 39.5 Å². The minimum absolute atomic E-state index is 0. The number of hydrogen-bond donors (Lipinski definition) is 0. The van der Waals surface area contributed by atoms with Gasteiger partial charge < -0.3 is 9.64 Å². The van der Waals surface area contributed by atoms with E-state index in [9.17, 15) is 0 Å². The van der Waals surface area contributed by atoms with Crippen molar-refractivity contribution in [1.82, 2.24) is 4.90 Å². The summed E-state index contributed by atoms with van der Waals surface area (Å²) < 4.78 is 5.75. The molecule has 2 rings (SSSR count). The van der Waals surface area contributed by atoms with E-state index in [1.807, 2.05) is 0 Å². The highest BCUT2D eigenvalue weighted by molar-refractivity contribution is 5.85. The summed E-state index contributed by atoms with van der Waals surface area (Å²) in [4.78, 5) is 2.40. The molecule has 1 aliphatic carbocycles. The zero-order valence-electron chi connectivity index (χ0n) is 12.9. The molecule has 0 spiro atoms. The predicted molar refractivity (Wildman–Crippen MR) is 88.0 cm³/mol. The van der Waals surface area contributed by atoms with Gasteiger partial charge in [-0.15, -0.1) is 12.4 Å². The highest BCUT2D eigenvalue weighted by atomic mass is 35.5. The molecule has 0 fully saturated rings. The molecule has 0 saturated carbocycles. The van der Waals surface area contributed by atoms with Gasteiger partial charge in [-0.2, -0.15) is 0 Å². The molecule has 0 heterocycles. The van der Waals surface area contributed by atoms with E-state index < -0.39 is 0 Å². The summed E-state index contributed by atoms with van der Waals surface area (Å²) in [5.41, 5.74) is 4.57. The first-order valence-electron chi connectivity index (χ1n) is 7.74. The first-order valence-corrected chi connectivity index (χ1v) is 7.74. The number of aryl methyl sites for hydroxylation is 2. The summed E-state index contributed by atoms with van der Waals surface area (Å²) in [6, 6.07) is 6.97. The zero-order valence-corrected chi connectivity index (χ0v) is 13.7. The van der Waals surface area contributed by atoms with Gasteiger partial charge in [0, 0.05) is 6.54 Å². The monoisotopic (exact) mass is 297 g/mol. The van der Waals surface area contributed by atoms with E-state index in [0.717, 1.165) is 39.3 Å². The van der Waals surface area contributed by atoms with E-state index in [1.54, 1.807) is 11.1 Å². The van der Waals surface area contributed by atoms with Crippen molar-refractivity contribution in [3.8, 4) is 0 Å². The van der Waals surface area contributed by atoms with Crippen LogP contribution in [-0.2, 0) is 24.0 Å². The molecule has 0 bridgehead atoms. The van der Waals surface area contributed by atoms with Gasteiger partial charge in [0.2, 0.25) is 0 Å². The molecule has 0 atom stereocenters. The first-order chi connectivity index (χ1) is 9.33. The number of likely N-dealkylation sites (N-methyl/N-ethyl adjacent to an activating group) is 1. The van der Waals surface area contributed by atoms with Gasteiger partial charge in [-0.1, -0.05) is 32.0 Å². The maximum absolute atomic E-state index is 5.75. The topological polar surface area (TPSA) is 12.5 Å². The Balaban J connectivity index is 0.00000200. The van der Waals surface area contributed by atoms with Crippen LogP contribution in [0, 0.1) is 0 Å². The van der Waals surface area contributed by atoms with Crippen molar-refractivity contribution in [1.29, 1.82) is 0 Å². The normalized spacial score (nSPS) is 13.3. The minimum atomic E-state index is 0. The summed E-state index contributed by atoms with van der Waals surface area (Å²) in [5.74, 6) is 0. The van der Waals surface area contributed by atoms with E-state index in [0.29, 0.717) is 0 Å². The molecule has 114 valence electrons. The van der Waals surface area contributed by atoms with Gasteiger partial charge in [-0.25, -0.2) is 0 Å². The fourth-order valence-electron chi connectivity index (χ4n) is 2.81. The van der Waals surface area contributed by atoms with Crippen LogP contribution >= 0.6 is 12.4 Å². The molecular weight excluding hydrogens is 270 g/mol. The van der Waals surface area contributed by atoms with Crippen molar-refractivity contribution in [2.24, 2.45) is 0 Å². The maximum atomic E-state index is 5.75. The van der Waals surface area contributed by atoms with Crippen molar-refractivity contribution in [3.05, 3.63) is 34.9 Å². The quantitative estimate of drug-likeness (QED) is 0.681. The maximum Gasteiger partial charge on any atom is 0.0593 e. The molecule has 20 heavy (non-hydrogen) atoms. The first kappa shape index (κ1) is 17.5. The van der Waals surface area contributed by atoms with Crippen molar-refractivity contribution < 1.29 is 4.74 Å². The second-order valence-electron chi connectivity index (χ2n) is 5.35. The predicted octanol–water partition coefficient (Wildman–Crippen LogP) is 3.50. The van der Waals surface area contributed by atoms with Crippen molar-refractivity contribution in [3.63, 3.8) is 0 Å². The standard InChI is InChI=1S/C17H27NO.ClH/c1-3-18(4-2)11-13-19-12-10-15-8-9-16-6-5-7-17(16)14-15;/h8-9,14H,3-7,10-13H2,1-2H3;1H. The Labute approximate surface area is 129 Å². The lowest BCUT2D eigenvalue weighted by molar-refractivity contribution is 0.109. The minimum Gasteiger partial charge on any atom is -0.380 e. The molecule has 0 aromatic heterocycles. The number of nitrogens with zero attached hydrogens (tertiary/aromatic N) is 1. The Kier molecular flexibility index (Phi) is 8.20. The largest absolute Gasteiger partial charge is 0.380 e. The van der Waals surface area contributed by atoms with Crippen LogP contribution in [0.1, 0.15) is 37.0 Å². The molecule has 1 aliphatic rings. The number of fused-ring (bicyclic) bond motifs is 1. The van der Waals surface area contributed by atoms with E-state index in [1.165, 1.54) is 24.8 Å². The number of hydrogen-bond acceptors (Lipinski definition) is 2. The Bertz CT molecular complexity index is 391. The van der Waals surface area contributed by atoms with E-state index >= 15 is 0 Å². The molecule has 0 aliphatic heterocycles. The Hall–Kier alpha value is -0.570. The van der Waals surface area contributed by atoms with Crippen LogP contribution in [0.15, 0.2) is 18.2 Å². The molecule has 0 radical (unpaired) electrons. The fraction of sp³-hybridized carbons (Fsp3) is 0.647. The van der Waals surface area contributed by atoms with Crippen molar-refractivity contribution >= 4 is 12.4 Å². The smallest absolute Gasteiger partial charge is 0.0593 e. The summed E-state index contributed by atoms with van der Waals surface area (Å²) in [7, 11) is 0. The second-order valence-corrected chi connectivity index (χ2v) is 5.35. The lowest BCUT2D eigenvalue weighted by Gasteiger charge is -2.17. The van der Waals surface area contributed by atoms with Crippen molar-refractivity contribution in [2.75, 3.05) is 32.8 Å². The van der Waals surface area contributed by atoms with Crippen LogP contribution in [0.4, 0.5) is 0 Å². The summed E-state index contributed by atoms with van der Waals surface area (Å²) in [6.07, 6.45) is 4.92. The van der Waals surface area contributed by atoms with Crippen LogP contribution in [0.5, 0.6) is 0 Å². The van der Waals surface area contributed by atoms with E-state index in [2.05, 4.69) is 36.9 Å². The van der Waals surface area contributed by atoms with Gasteiger partial charge in [0.15, 0.2) is 0 Å². The van der Waals surface area contributed by atoms with Gasteiger partial charge >= 0.3 is 0 Å². The molecule has 2 nitrogen and oxygen atoms in total. The van der Waals surface area contributed by atoms with Crippen LogP contribution < -0.4 is 0 Å². The molecule has 3 heteroatoms. The molecular formula is C17H28ClNO. The third-order valence-electron chi connectivity index (χ3n) is 4.14. The van der Waals surface area contributed by atoms with Gasteiger partial charge in [-0.05, 0) is 55.5 Å². The summed E-state index contributed by atoms with van der Waals surface area (Å²) >= 11 is 0.